The summed E-state index contributed by atoms with van der Waals surface area (Å²) in [4.78, 5) is 12.9. The summed E-state index contributed by atoms with van der Waals surface area (Å²) in [5.74, 6) is 0.477. The van der Waals surface area contributed by atoms with Gasteiger partial charge in [-0.2, -0.15) is 5.10 Å². The average Bonchev–Trinajstić information content (AvgIpc) is 2.76. The largest absolute Gasteiger partial charge is 0.382 e. The van der Waals surface area contributed by atoms with Gasteiger partial charge in [0.25, 0.3) is 0 Å². The zero-order chi connectivity index (χ0) is 14.3. The van der Waals surface area contributed by atoms with Crippen LogP contribution >= 0.6 is 15.9 Å². The third-order valence-corrected chi connectivity index (χ3v) is 3.95. The normalized spacial score (nSPS) is 14.2. The van der Waals surface area contributed by atoms with Crippen molar-refractivity contribution in [1.82, 2.24) is 9.78 Å². The van der Waals surface area contributed by atoms with E-state index in [1.54, 1.807) is 24.3 Å². The molecule has 0 bridgehead atoms. The average molecular weight is 338 g/mol. The maximum absolute atomic E-state index is 11.2. The van der Waals surface area contributed by atoms with Crippen LogP contribution in [0.2, 0.25) is 0 Å². The lowest BCUT2D eigenvalue weighted by Crippen LogP contribution is -2.34. The molecule has 0 saturated heterocycles. The second kappa shape index (κ2) is 4.78. The van der Waals surface area contributed by atoms with Crippen molar-refractivity contribution in [3.8, 4) is 0 Å². The number of anilines is 2. The van der Waals surface area contributed by atoms with Crippen LogP contribution in [0.25, 0.3) is 0 Å². The van der Waals surface area contributed by atoms with Gasteiger partial charge in [-0.15, -0.1) is 0 Å². The predicted octanol–water partition coefficient (Wildman–Crippen LogP) is 2.16. The van der Waals surface area contributed by atoms with Gasteiger partial charge in [0.2, 0.25) is 0 Å². The minimum absolute atomic E-state index is 0.0911. The van der Waals surface area contributed by atoms with Gasteiger partial charge in [0.1, 0.15) is 11.5 Å². The van der Waals surface area contributed by atoms with Gasteiger partial charge in [-0.1, -0.05) is 6.07 Å². The van der Waals surface area contributed by atoms with Gasteiger partial charge >= 0.3 is 5.69 Å². The molecule has 7 nitrogen and oxygen atoms in total. The Morgan fingerprint density at radius 3 is 2.95 bits per heavy atom. The SMILES string of the molecule is Nc1cc2n(n1)CCN(c1cccc(Br)c1[N+](=O)[O-])C2. The van der Waals surface area contributed by atoms with E-state index in [0.29, 0.717) is 35.6 Å². The Hall–Kier alpha value is -2.09. The minimum Gasteiger partial charge on any atom is -0.382 e. The van der Waals surface area contributed by atoms with E-state index in [1.165, 1.54) is 0 Å². The zero-order valence-electron chi connectivity index (χ0n) is 10.5. The summed E-state index contributed by atoms with van der Waals surface area (Å²) in [5, 5.41) is 15.4. The van der Waals surface area contributed by atoms with Gasteiger partial charge in [-0.05, 0) is 28.1 Å². The Labute approximate surface area is 123 Å². The molecule has 104 valence electrons. The van der Waals surface area contributed by atoms with Gasteiger partial charge in [-0.25, -0.2) is 0 Å². The molecule has 1 aromatic heterocycles. The Morgan fingerprint density at radius 2 is 2.20 bits per heavy atom. The highest BCUT2D eigenvalue weighted by molar-refractivity contribution is 9.10. The topological polar surface area (TPSA) is 90.2 Å². The number of halogens is 1. The van der Waals surface area contributed by atoms with Gasteiger partial charge in [0, 0.05) is 12.6 Å². The smallest absolute Gasteiger partial charge is 0.306 e. The quantitative estimate of drug-likeness (QED) is 0.669. The number of nitrogens with two attached hydrogens (primary N) is 1. The number of nitro benzene ring substituents is 1. The van der Waals surface area contributed by atoms with Crippen molar-refractivity contribution in [2.75, 3.05) is 17.2 Å². The van der Waals surface area contributed by atoms with Crippen LogP contribution < -0.4 is 10.6 Å². The third kappa shape index (κ3) is 2.11. The first kappa shape index (κ1) is 12.9. The summed E-state index contributed by atoms with van der Waals surface area (Å²) in [6.45, 7) is 1.88. The first-order valence-electron chi connectivity index (χ1n) is 6.06. The maximum Gasteiger partial charge on any atom is 0.306 e. The highest BCUT2D eigenvalue weighted by Crippen LogP contribution is 2.36. The van der Waals surface area contributed by atoms with E-state index in [4.69, 9.17) is 5.73 Å². The van der Waals surface area contributed by atoms with Crippen molar-refractivity contribution < 1.29 is 4.92 Å². The summed E-state index contributed by atoms with van der Waals surface area (Å²) in [5.41, 5.74) is 7.34. The molecule has 3 rings (SSSR count). The number of nitrogen functional groups attached to an aromatic ring is 1. The summed E-state index contributed by atoms with van der Waals surface area (Å²) in [7, 11) is 0. The zero-order valence-corrected chi connectivity index (χ0v) is 12.1. The van der Waals surface area contributed by atoms with Crippen LogP contribution in [0.4, 0.5) is 17.2 Å². The summed E-state index contributed by atoms with van der Waals surface area (Å²) < 4.78 is 2.33. The van der Waals surface area contributed by atoms with E-state index in [2.05, 4.69) is 21.0 Å². The maximum atomic E-state index is 11.2. The molecule has 1 aromatic carbocycles. The molecule has 0 aliphatic carbocycles. The van der Waals surface area contributed by atoms with Crippen molar-refractivity contribution in [3.63, 3.8) is 0 Å². The van der Waals surface area contributed by atoms with Crippen LogP contribution in [0.5, 0.6) is 0 Å². The summed E-state index contributed by atoms with van der Waals surface area (Å²) >= 11 is 3.24. The van der Waals surface area contributed by atoms with Gasteiger partial charge in [-0.3, -0.25) is 14.8 Å². The molecule has 8 heteroatoms. The molecule has 0 atom stereocenters. The fraction of sp³-hybridized carbons (Fsp3) is 0.250. The molecule has 0 amide bonds. The highest BCUT2D eigenvalue weighted by Gasteiger charge is 2.26. The van der Waals surface area contributed by atoms with E-state index in [9.17, 15) is 10.1 Å². The molecule has 0 fully saturated rings. The number of benzene rings is 1. The number of para-hydroxylation sites is 1. The molecule has 0 spiro atoms. The molecule has 1 aliphatic rings. The van der Waals surface area contributed by atoms with Crippen molar-refractivity contribution in [2.24, 2.45) is 0 Å². The van der Waals surface area contributed by atoms with Crippen LogP contribution in [0.15, 0.2) is 28.7 Å². The lowest BCUT2D eigenvalue weighted by Gasteiger charge is -2.29. The van der Waals surface area contributed by atoms with E-state index >= 15 is 0 Å². The van der Waals surface area contributed by atoms with Crippen LogP contribution in [0.1, 0.15) is 5.69 Å². The van der Waals surface area contributed by atoms with Crippen LogP contribution in [-0.2, 0) is 13.1 Å². The number of aromatic nitrogens is 2. The Morgan fingerprint density at radius 1 is 1.40 bits per heavy atom. The fourth-order valence-electron chi connectivity index (χ4n) is 2.43. The number of nitrogens with zero attached hydrogens (tertiary/aromatic N) is 4. The predicted molar refractivity (Wildman–Crippen MR) is 78.5 cm³/mol. The Kier molecular flexibility index (Phi) is 3.09. The molecule has 0 unspecified atom stereocenters. The van der Waals surface area contributed by atoms with Crippen LogP contribution in [0, 0.1) is 10.1 Å². The molecule has 20 heavy (non-hydrogen) atoms. The molecular formula is C12H12BrN5O2. The highest BCUT2D eigenvalue weighted by atomic mass is 79.9. The number of rotatable bonds is 2. The van der Waals surface area contributed by atoms with Gasteiger partial charge in [0.15, 0.2) is 0 Å². The minimum atomic E-state index is -0.361. The first-order valence-corrected chi connectivity index (χ1v) is 6.85. The molecule has 0 saturated carbocycles. The number of hydrogen-bond acceptors (Lipinski definition) is 5. The summed E-state index contributed by atoms with van der Waals surface area (Å²) in [6.07, 6.45) is 0. The second-order valence-corrected chi connectivity index (χ2v) is 5.42. The van der Waals surface area contributed by atoms with Crippen molar-refractivity contribution in [2.45, 2.75) is 13.1 Å². The fourth-order valence-corrected chi connectivity index (χ4v) is 2.93. The van der Waals surface area contributed by atoms with E-state index in [-0.39, 0.29) is 10.6 Å². The Bertz CT molecular complexity index is 684. The number of fused-ring (bicyclic) bond motifs is 1. The standard InChI is InChI=1S/C12H12BrN5O2/c13-9-2-1-3-10(12(9)18(19)20)16-4-5-17-8(7-16)6-11(14)15-17/h1-3,6H,4-5,7H2,(H2,14,15). The lowest BCUT2D eigenvalue weighted by atomic mass is 10.2. The van der Waals surface area contributed by atoms with Crippen molar-refractivity contribution in [3.05, 3.63) is 44.5 Å². The molecule has 0 radical (unpaired) electrons. The molecular weight excluding hydrogens is 326 g/mol. The Balaban J connectivity index is 1.99. The summed E-state index contributed by atoms with van der Waals surface area (Å²) in [6, 6.07) is 7.04. The van der Waals surface area contributed by atoms with Crippen LogP contribution in [-0.4, -0.2) is 21.2 Å². The van der Waals surface area contributed by atoms with Crippen molar-refractivity contribution >= 4 is 33.1 Å². The van der Waals surface area contributed by atoms with E-state index in [1.807, 2.05) is 9.58 Å². The van der Waals surface area contributed by atoms with Crippen LogP contribution in [0.3, 0.4) is 0 Å². The lowest BCUT2D eigenvalue weighted by molar-refractivity contribution is -0.384. The number of hydrogen-bond donors (Lipinski definition) is 1. The molecule has 2 heterocycles. The first-order chi connectivity index (χ1) is 9.56. The van der Waals surface area contributed by atoms with E-state index in [0.717, 1.165) is 5.69 Å². The molecule has 1 aliphatic heterocycles. The van der Waals surface area contributed by atoms with Crippen molar-refractivity contribution in [1.29, 1.82) is 0 Å². The van der Waals surface area contributed by atoms with Gasteiger partial charge in [0.05, 0.1) is 28.2 Å². The van der Waals surface area contributed by atoms with E-state index < -0.39 is 0 Å². The monoisotopic (exact) mass is 337 g/mol. The second-order valence-electron chi connectivity index (χ2n) is 4.57. The molecule has 2 N–H and O–H groups in total. The number of nitro groups is 1. The third-order valence-electron chi connectivity index (χ3n) is 3.31. The molecule has 2 aromatic rings. The van der Waals surface area contributed by atoms with Gasteiger partial charge < -0.3 is 10.6 Å².